The molecule has 0 aliphatic carbocycles. The number of ether oxygens (including phenoxy) is 1. The number of hydrogen-bond donors (Lipinski definition) is 1. The van der Waals surface area contributed by atoms with Gasteiger partial charge in [-0.3, -0.25) is 4.79 Å². The quantitative estimate of drug-likeness (QED) is 0.858. The van der Waals surface area contributed by atoms with Gasteiger partial charge in [0, 0.05) is 36.4 Å². The molecular formula is C17H17N3O2. The lowest BCUT2D eigenvalue weighted by Gasteiger charge is -2.13. The fourth-order valence-electron chi connectivity index (χ4n) is 2.55. The van der Waals surface area contributed by atoms with Crippen LogP contribution in [0.1, 0.15) is 12.0 Å². The fraction of sp³-hybridized carbons (Fsp3) is 0.235. The van der Waals surface area contributed by atoms with Gasteiger partial charge in [-0.25, -0.2) is 9.97 Å². The normalized spacial score (nSPS) is 15.7. The summed E-state index contributed by atoms with van der Waals surface area (Å²) in [4.78, 5) is 19.6. The Morgan fingerprint density at radius 1 is 1.41 bits per heavy atom. The van der Waals surface area contributed by atoms with Crippen LogP contribution < -0.4 is 10.1 Å². The van der Waals surface area contributed by atoms with E-state index in [4.69, 9.17) is 4.74 Å². The Bertz CT molecular complexity index is 686. The second kappa shape index (κ2) is 6.39. The van der Waals surface area contributed by atoms with Crippen LogP contribution in [0.4, 0.5) is 0 Å². The van der Waals surface area contributed by atoms with E-state index in [1.807, 2.05) is 18.2 Å². The van der Waals surface area contributed by atoms with Gasteiger partial charge in [0.25, 0.3) is 0 Å². The Labute approximate surface area is 129 Å². The highest BCUT2D eigenvalue weighted by molar-refractivity contribution is 5.77. The molecule has 5 nitrogen and oxygen atoms in total. The number of nitrogens with zero attached hydrogens (tertiary/aromatic N) is 2. The maximum absolute atomic E-state index is 11.5. The Morgan fingerprint density at radius 2 is 2.23 bits per heavy atom. The van der Waals surface area contributed by atoms with Crippen molar-refractivity contribution in [1.29, 1.82) is 0 Å². The van der Waals surface area contributed by atoms with Gasteiger partial charge in [0.15, 0.2) is 0 Å². The number of aromatic nitrogens is 2. The molecule has 1 amide bonds. The molecule has 112 valence electrons. The average Bonchev–Trinajstić information content (AvgIpc) is 2.97. The standard InChI is InChI=1S/C17H17N3O2/c1-2-4-16(21)20-10-14-7-12-5-3-6-15(17(12)22-14)13-8-18-11-19-9-13/h2-3,5-6,8-9,11,14H,1,4,7,10H2,(H,20,21)/t14-/m1/s1. The lowest BCUT2D eigenvalue weighted by atomic mass is 10.0. The maximum atomic E-state index is 11.5. The van der Waals surface area contributed by atoms with Crippen LogP contribution in [0.15, 0.2) is 49.6 Å². The van der Waals surface area contributed by atoms with E-state index in [0.717, 1.165) is 28.9 Å². The van der Waals surface area contributed by atoms with Crippen molar-refractivity contribution in [3.63, 3.8) is 0 Å². The predicted molar refractivity (Wildman–Crippen MR) is 83.4 cm³/mol. The van der Waals surface area contributed by atoms with Crippen LogP contribution in [0.5, 0.6) is 5.75 Å². The first kappa shape index (κ1) is 14.3. The van der Waals surface area contributed by atoms with Crippen molar-refractivity contribution >= 4 is 5.91 Å². The molecule has 0 fully saturated rings. The molecule has 1 aliphatic heterocycles. The van der Waals surface area contributed by atoms with Crippen LogP contribution >= 0.6 is 0 Å². The van der Waals surface area contributed by atoms with Crippen LogP contribution in [-0.4, -0.2) is 28.5 Å². The Balaban J connectivity index is 1.74. The van der Waals surface area contributed by atoms with E-state index in [1.54, 1.807) is 18.5 Å². The van der Waals surface area contributed by atoms with Gasteiger partial charge in [0.05, 0.1) is 6.54 Å². The number of hydrogen-bond acceptors (Lipinski definition) is 4. The largest absolute Gasteiger partial charge is 0.487 e. The SMILES string of the molecule is C=CCC(=O)NC[C@H]1Cc2cccc(-c3cncnc3)c2O1. The summed E-state index contributed by atoms with van der Waals surface area (Å²) in [6.45, 7) is 4.05. The van der Waals surface area contributed by atoms with E-state index >= 15 is 0 Å². The summed E-state index contributed by atoms with van der Waals surface area (Å²) in [5.41, 5.74) is 3.05. The first-order chi connectivity index (χ1) is 10.8. The lowest BCUT2D eigenvalue weighted by Crippen LogP contribution is -2.34. The number of benzene rings is 1. The average molecular weight is 295 g/mol. The number of amides is 1. The highest BCUT2D eigenvalue weighted by Crippen LogP contribution is 2.38. The molecule has 0 spiro atoms. The molecule has 0 saturated heterocycles. The topological polar surface area (TPSA) is 64.1 Å². The summed E-state index contributed by atoms with van der Waals surface area (Å²) < 4.78 is 6.02. The summed E-state index contributed by atoms with van der Waals surface area (Å²) >= 11 is 0. The van der Waals surface area contributed by atoms with Gasteiger partial charge in [-0.15, -0.1) is 6.58 Å². The van der Waals surface area contributed by atoms with Gasteiger partial charge in [-0.05, 0) is 5.56 Å². The van der Waals surface area contributed by atoms with E-state index < -0.39 is 0 Å². The third-order valence-electron chi connectivity index (χ3n) is 3.56. The van der Waals surface area contributed by atoms with E-state index in [2.05, 4.69) is 21.9 Å². The number of fused-ring (bicyclic) bond motifs is 1. The second-order valence-corrected chi connectivity index (χ2v) is 5.16. The molecule has 1 aromatic carbocycles. The Kier molecular flexibility index (Phi) is 4.14. The summed E-state index contributed by atoms with van der Waals surface area (Å²) in [6, 6.07) is 6.05. The summed E-state index contributed by atoms with van der Waals surface area (Å²) in [5, 5.41) is 2.86. The van der Waals surface area contributed by atoms with E-state index in [0.29, 0.717) is 13.0 Å². The molecule has 5 heteroatoms. The van der Waals surface area contributed by atoms with Gasteiger partial charge in [0.2, 0.25) is 5.91 Å². The van der Waals surface area contributed by atoms with Crippen LogP contribution in [-0.2, 0) is 11.2 Å². The smallest absolute Gasteiger partial charge is 0.223 e. The number of rotatable bonds is 5. The first-order valence-electron chi connectivity index (χ1n) is 7.19. The molecule has 0 radical (unpaired) electrons. The minimum absolute atomic E-state index is 0.0359. The number of nitrogens with one attached hydrogen (secondary N) is 1. The number of carbonyl (C=O) groups is 1. The molecule has 2 heterocycles. The third-order valence-corrected chi connectivity index (χ3v) is 3.56. The zero-order valence-corrected chi connectivity index (χ0v) is 12.2. The van der Waals surface area contributed by atoms with Crippen molar-refractivity contribution in [1.82, 2.24) is 15.3 Å². The Hall–Kier alpha value is -2.69. The fourth-order valence-corrected chi connectivity index (χ4v) is 2.55. The van der Waals surface area contributed by atoms with Gasteiger partial charge < -0.3 is 10.1 Å². The number of para-hydroxylation sites is 1. The van der Waals surface area contributed by atoms with Gasteiger partial charge in [0.1, 0.15) is 18.2 Å². The van der Waals surface area contributed by atoms with E-state index in [1.165, 1.54) is 6.33 Å². The monoisotopic (exact) mass is 295 g/mol. The van der Waals surface area contributed by atoms with Gasteiger partial charge >= 0.3 is 0 Å². The molecule has 0 saturated carbocycles. The zero-order valence-electron chi connectivity index (χ0n) is 12.2. The van der Waals surface area contributed by atoms with Gasteiger partial charge in [-0.2, -0.15) is 0 Å². The molecule has 3 rings (SSSR count). The lowest BCUT2D eigenvalue weighted by molar-refractivity contribution is -0.120. The molecule has 0 unspecified atom stereocenters. The van der Waals surface area contributed by atoms with Crippen LogP contribution in [0, 0.1) is 0 Å². The molecule has 1 atom stereocenters. The summed E-state index contributed by atoms with van der Waals surface area (Å²) in [6.07, 6.45) is 7.70. The maximum Gasteiger partial charge on any atom is 0.223 e. The molecule has 1 aliphatic rings. The molecule has 2 aromatic rings. The van der Waals surface area contributed by atoms with E-state index in [9.17, 15) is 4.79 Å². The minimum atomic E-state index is -0.0467. The minimum Gasteiger partial charge on any atom is -0.487 e. The number of carbonyl (C=O) groups excluding carboxylic acids is 1. The van der Waals surface area contributed by atoms with Crippen molar-refractivity contribution in [2.75, 3.05) is 6.54 Å². The van der Waals surface area contributed by atoms with Gasteiger partial charge in [-0.1, -0.05) is 24.3 Å². The highest BCUT2D eigenvalue weighted by Gasteiger charge is 2.26. The van der Waals surface area contributed by atoms with Crippen LogP contribution in [0.2, 0.25) is 0 Å². The van der Waals surface area contributed by atoms with Crippen LogP contribution in [0.3, 0.4) is 0 Å². The van der Waals surface area contributed by atoms with Crippen molar-refractivity contribution < 1.29 is 9.53 Å². The highest BCUT2D eigenvalue weighted by atomic mass is 16.5. The summed E-state index contributed by atoms with van der Waals surface area (Å²) in [5.74, 6) is 0.825. The second-order valence-electron chi connectivity index (χ2n) is 5.16. The van der Waals surface area contributed by atoms with Crippen molar-refractivity contribution in [3.05, 3.63) is 55.1 Å². The first-order valence-corrected chi connectivity index (χ1v) is 7.19. The summed E-state index contributed by atoms with van der Waals surface area (Å²) in [7, 11) is 0. The van der Waals surface area contributed by atoms with Crippen molar-refractivity contribution in [2.24, 2.45) is 0 Å². The van der Waals surface area contributed by atoms with Crippen molar-refractivity contribution in [2.45, 2.75) is 18.9 Å². The molecule has 1 aromatic heterocycles. The predicted octanol–water partition coefficient (Wildman–Crippen LogP) is 2.14. The zero-order chi connectivity index (χ0) is 15.4. The Morgan fingerprint density at radius 3 is 3.00 bits per heavy atom. The van der Waals surface area contributed by atoms with E-state index in [-0.39, 0.29) is 12.0 Å². The molecule has 0 bridgehead atoms. The van der Waals surface area contributed by atoms with Crippen molar-refractivity contribution in [3.8, 4) is 16.9 Å². The molecular weight excluding hydrogens is 278 g/mol. The molecule has 22 heavy (non-hydrogen) atoms. The van der Waals surface area contributed by atoms with Crippen LogP contribution in [0.25, 0.3) is 11.1 Å². The third kappa shape index (κ3) is 2.98. The molecule has 1 N–H and O–H groups in total.